The Balaban J connectivity index is 5.28. The zero-order chi connectivity index (χ0) is 13.0. The Morgan fingerprint density at radius 2 is 1.06 bits per heavy atom. The lowest BCUT2D eigenvalue weighted by Gasteiger charge is -2.23. The summed E-state index contributed by atoms with van der Waals surface area (Å²) in [5.74, 6) is -17.1. The molecule has 0 nitrogen and oxygen atoms in total. The highest BCUT2D eigenvalue weighted by molar-refractivity contribution is 6.19. The Morgan fingerprint density at radius 1 is 0.812 bits per heavy atom. The lowest BCUT2D eigenvalue weighted by atomic mass is 10.1. The van der Waals surface area contributed by atoms with E-state index in [1.807, 2.05) is 0 Å². The van der Waals surface area contributed by atoms with Gasteiger partial charge in [0.15, 0.2) is 11.7 Å². The molecule has 0 aromatic rings. The third-order valence-electron chi connectivity index (χ3n) is 1.51. The molecule has 0 N–H and O–H groups in total. The summed E-state index contributed by atoms with van der Waals surface area (Å²) in [5.41, 5.74) is 0. The molecule has 0 aromatic carbocycles. The molecule has 94 valence electrons. The Bertz CT molecular complexity index is 267. The molecular weight excluding hydrogens is 281 g/mol. The molecule has 0 radical (unpaired) electrons. The van der Waals surface area contributed by atoms with Crippen LogP contribution in [-0.4, -0.2) is 23.6 Å². The SMILES string of the molecule is F/C(=C\CCl)C(F)(F)C(F)(F)/C(F)=C/CCl. The smallest absolute Gasteiger partial charge is 0.205 e. The van der Waals surface area contributed by atoms with Crippen molar-refractivity contribution >= 4 is 23.2 Å². The summed E-state index contributed by atoms with van der Waals surface area (Å²) >= 11 is 9.74. The topological polar surface area (TPSA) is 0 Å². The summed E-state index contributed by atoms with van der Waals surface area (Å²) in [6.45, 7) is 0. The second-order valence-corrected chi connectivity index (χ2v) is 3.18. The summed E-state index contributed by atoms with van der Waals surface area (Å²) in [5, 5.41) is 0. The molecule has 0 aliphatic rings. The molecule has 16 heavy (non-hydrogen) atoms. The van der Waals surface area contributed by atoms with Gasteiger partial charge in [0, 0.05) is 11.8 Å². The van der Waals surface area contributed by atoms with Crippen LogP contribution in [-0.2, 0) is 0 Å². The van der Waals surface area contributed by atoms with Gasteiger partial charge in [-0.1, -0.05) is 0 Å². The Morgan fingerprint density at radius 3 is 1.25 bits per heavy atom. The van der Waals surface area contributed by atoms with Gasteiger partial charge in [-0.3, -0.25) is 0 Å². The van der Waals surface area contributed by atoms with Crippen LogP contribution < -0.4 is 0 Å². The number of halogens is 8. The quantitative estimate of drug-likeness (QED) is 0.518. The molecule has 0 atom stereocenters. The second kappa shape index (κ2) is 5.82. The number of hydrogen-bond donors (Lipinski definition) is 0. The molecule has 0 aromatic heterocycles. The molecule has 0 aliphatic heterocycles. The number of rotatable bonds is 5. The van der Waals surface area contributed by atoms with Crippen LogP contribution >= 0.6 is 23.2 Å². The van der Waals surface area contributed by atoms with Crippen molar-refractivity contribution in [2.45, 2.75) is 11.8 Å². The van der Waals surface area contributed by atoms with Gasteiger partial charge >= 0.3 is 11.8 Å². The van der Waals surface area contributed by atoms with Crippen LogP contribution in [0.1, 0.15) is 0 Å². The monoisotopic (exact) mass is 286 g/mol. The fourth-order valence-corrected chi connectivity index (χ4v) is 0.963. The standard InChI is InChI=1S/C8H6Cl2F6/c9-3-1-5(11)7(13,14)8(15,16)6(12)2-4-10/h1-2H,3-4H2/b5-1-,6-2-. The highest BCUT2D eigenvalue weighted by Crippen LogP contribution is 2.45. The van der Waals surface area contributed by atoms with Gasteiger partial charge in [-0.2, -0.15) is 17.6 Å². The summed E-state index contributed by atoms with van der Waals surface area (Å²) in [4.78, 5) is 0. The van der Waals surface area contributed by atoms with Gasteiger partial charge in [-0.15, -0.1) is 23.2 Å². The number of hydrogen-bond acceptors (Lipinski definition) is 0. The normalized spacial score (nSPS) is 15.5. The summed E-state index contributed by atoms with van der Waals surface area (Å²) in [6, 6.07) is 0. The summed E-state index contributed by atoms with van der Waals surface area (Å²) < 4.78 is 76.3. The lowest BCUT2D eigenvalue weighted by molar-refractivity contribution is -0.180. The highest BCUT2D eigenvalue weighted by Gasteiger charge is 2.62. The minimum atomic E-state index is -5.30. The third-order valence-corrected chi connectivity index (χ3v) is 1.82. The van der Waals surface area contributed by atoms with Crippen LogP contribution in [0.3, 0.4) is 0 Å². The first-order valence-electron chi connectivity index (χ1n) is 3.81. The van der Waals surface area contributed by atoms with Crippen molar-refractivity contribution < 1.29 is 26.3 Å². The first-order valence-corrected chi connectivity index (χ1v) is 4.88. The minimum Gasteiger partial charge on any atom is -0.205 e. The maximum Gasteiger partial charge on any atom is 0.367 e. The number of allylic oxidation sites excluding steroid dienone is 4. The molecule has 0 saturated heterocycles. The van der Waals surface area contributed by atoms with Crippen LogP contribution in [0, 0.1) is 0 Å². The molecular formula is C8H6Cl2F6. The molecule has 0 heterocycles. The van der Waals surface area contributed by atoms with Crippen LogP contribution in [0.15, 0.2) is 23.8 Å². The third kappa shape index (κ3) is 3.07. The van der Waals surface area contributed by atoms with Crippen LogP contribution in [0.2, 0.25) is 0 Å². The van der Waals surface area contributed by atoms with E-state index in [-0.39, 0.29) is 12.2 Å². The van der Waals surface area contributed by atoms with Crippen molar-refractivity contribution in [1.29, 1.82) is 0 Å². The average molecular weight is 287 g/mol. The number of alkyl halides is 6. The average Bonchev–Trinajstić information content (AvgIpc) is 2.18. The van der Waals surface area contributed by atoms with Crippen molar-refractivity contribution in [2.75, 3.05) is 11.8 Å². The van der Waals surface area contributed by atoms with Crippen LogP contribution in [0.5, 0.6) is 0 Å². The largest absolute Gasteiger partial charge is 0.367 e. The molecule has 0 aliphatic carbocycles. The minimum absolute atomic E-state index is 0.0312. The van der Waals surface area contributed by atoms with E-state index in [1.54, 1.807) is 0 Å². The fraction of sp³-hybridized carbons (Fsp3) is 0.500. The zero-order valence-electron chi connectivity index (χ0n) is 7.59. The molecule has 0 rings (SSSR count). The molecule has 0 fully saturated rings. The molecule has 0 amide bonds. The van der Waals surface area contributed by atoms with Crippen molar-refractivity contribution in [3.05, 3.63) is 23.8 Å². The Labute approximate surface area is 97.5 Å². The predicted molar refractivity (Wildman–Crippen MR) is 49.7 cm³/mol. The first kappa shape index (κ1) is 15.6. The molecule has 0 unspecified atom stereocenters. The van der Waals surface area contributed by atoms with E-state index < -0.39 is 35.3 Å². The van der Waals surface area contributed by atoms with Crippen LogP contribution in [0.4, 0.5) is 26.3 Å². The maximum absolute atomic E-state index is 12.8. The summed E-state index contributed by atoms with van der Waals surface area (Å²) in [7, 11) is 0. The van der Waals surface area contributed by atoms with Gasteiger partial charge < -0.3 is 0 Å². The maximum atomic E-state index is 12.8. The van der Waals surface area contributed by atoms with Crippen molar-refractivity contribution in [3.63, 3.8) is 0 Å². The van der Waals surface area contributed by atoms with E-state index in [9.17, 15) is 26.3 Å². The van der Waals surface area contributed by atoms with Gasteiger partial charge in [0.1, 0.15) is 0 Å². The molecule has 0 saturated carbocycles. The lowest BCUT2D eigenvalue weighted by Crippen LogP contribution is -2.42. The van der Waals surface area contributed by atoms with E-state index in [0.717, 1.165) is 0 Å². The van der Waals surface area contributed by atoms with Gasteiger partial charge in [0.2, 0.25) is 0 Å². The predicted octanol–water partition coefficient (Wildman–Crippen LogP) is 4.44. The fourth-order valence-electron chi connectivity index (χ4n) is 0.692. The van der Waals surface area contributed by atoms with Gasteiger partial charge in [-0.25, -0.2) is 8.78 Å². The van der Waals surface area contributed by atoms with E-state index >= 15 is 0 Å². The second-order valence-electron chi connectivity index (χ2n) is 2.56. The highest BCUT2D eigenvalue weighted by atomic mass is 35.5. The zero-order valence-corrected chi connectivity index (χ0v) is 9.10. The molecule has 8 heteroatoms. The van der Waals surface area contributed by atoms with E-state index in [2.05, 4.69) is 0 Å². The van der Waals surface area contributed by atoms with Gasteiger partial charge in [-0.05, 0) is 12.2 Å². The summed E-state index contributed by atoms with van der Waals surface area (Å²) in [6.07, 6.45) is 0.0624. The van der Waals surface area contributed by atoms with Gasteiger partial charge in [0.25, 0.3) is 0 Å². The Kier molecular flexibility index (Phi) is 5.69. The van der Waals surface area contributed by atoms with E-state index in [4.69, 9.17) is 23.2 Å². The molecule has 0 bridgehead atoms. The van der Waals surface area contributed by atoms with Crippen molar-refractivity contribution in [2.24, 2.45) is 0 Å². The Hall–Kier alpha value is -0.360. The van der Waals surface area contributed by atoms with Crippen molar-refractivity contribution in [3.8, 4) is 0 Å². The van der Waals surface area contributed by atoms with E-state index in [1.165, 1.54) is 0 Å². The van der Waals surface area contributed by atoms with E-state index in [0.29, 0.717) is 0 Å². The van der Waals surface area contributed by atoms with Crippen LogP contribution in [0.25, 0.3) is 0 Å². The molecule has 0 spiro atoms. The van der Waals surface area contributed by atoms with Crippen molar-refractivity contribution in [1.82, 2.24) is 0 Å². The van der Waals surface area contributed by atoms with Gasteiger partial charge in [0.05, 0.1) is 0 Å². The first-order chi connectivity index (χ1) is 7.21.